The van der Waals surface area contributed by atoms with Gasteiger partial charge < -0.3 is 5.32 Å². The third kappa shape index (κ3) is 9.40. The standard InChI is InChI=1S/C6H10N.Li/c1-3-5-7-6-4-2;/h3-4H,1-2,5-6H2;/q-1;+1. The summed E-state index contributed by atoms with van der Waals surface area (Å²) in [6, 6.07) is 0. The van der Waals surface area contributed by atoms with E-state index in [1.165, 1.54) is 0 Å². The summed E-state index contributed by atoms with van der Waals surface area (Å²) in [6.45, 7) is 8.49. The topological polar surface area (TPSA) is 14.1 Å². The van der Waals surface area contributed by atoms with Gasteiger partial charge in [0.2, 0.25) is 0 Å². The van der Waals surface area contributed by atoms with Crippen LogP contribution in [0.1, 0.15) is 0 Å². The van der Waals surface area contributed by atoms with E-state index in [9.17, 15) is 0 Å². The maximum absolute atomic E-state index is 3.97. The summed E-state index contributed by atoms with van der Waals surface area (Å²) in [6.07, 6.45) is 3.53. The minimum absolute atomic E-state index is 0. The van der Waals surface area contributed by atoms with E-state index in [1.54, 1.807) is 12.2 Å². The maximum atomic E-state index is 3.97. The molecule has 0 aromatic heterocycles. The molecule has 0 aliphatic carbocycles. The van der Waals surface area contributed by atoms with Crippen LogP contribution < -0.4 is 18.9 Å². The van der Waals surface area contributed by atoms with Crippen LogP contribution in [0.4, 0.5) is 0 Å². The van der Waals surface area contributed by atoms with E-state index in [-0.39, 0.29) is 18.9 Å². The molecule has 0 heterocycles. The van der Waals surface area contributed by atoms with Gasteiger partial charge in [-0.15, -0.1) is 38.4 Å². The predicted molar refractivity (Wildman–Crippen MR) is 33.5 cm³/mol. The summed E-state index contributed by atoms with van der Waals surface area (Å²) in [4.78, 5) is 0. The molecule has 0 N–H and O–H groups in total. The van der Waals surface area contributed by atoms with Crippen molar-refractivity contribution in [3.05, 3.63) is 30.6 Å². The SMILES string of the molecule is C=CC[N-]CC=C.[Li+]. The molecule has 0 aromatic rings. The van der Waals surface area contributed by atoms with Gasteiger partial charge >= 0.3 is 18.9 Å². The molecular formula is C6H10LiN. The van der Waals surface area contributed by atoms with Gasteiger partial charge in [-0.1, -0.05) is 0 Å². The number of hydrogen-bond donors (Lipinski definition) is 0. The Balaban J connectivity index is 0. The molecule has 0 aliphatic rings. The maximum Gasteiger partial charge on any atom is 1.00 e. The van der Waals surface area contributed by atoms with Crippen molar-refractivity contribution in [3.8, 4) is 0 Å². The van der Waals surface area contributed by atoms with Crippen LogP contribution in [0.2, 0.25) is 0 Å². The van der Waals surface area contributed by atoms with Crippen molar-refractivity contribution in [2.24, 2.45) is 0 Å². The Morgan fingerprint density at radius 3 is 1.75 bits per heavy atom. The van der Waals surface area contributed by atoms with Crippen molar-refractivity contribution < 1.29 is 18.9 Å². The number of nitrogens with zero attached hydrogens (tertiary/aromatic N) is 1. The van der Waals surface area contributed by atoms with Gasteiger partial charge in [-0.25, -0.2) is 0 Å². The van der Waals surface area contributed by atoms with E-state index < -0.39 is 0 Å². The fourth-order valence-corrected chi connectivity index (χ4v) is 0.257. The average molecular weight is 103 g/mol. The molecule has 2 heteroatoms. The normalized spacial score (nSPS) is 7.00. The molecule has 0 saturated heterocycles. The molecule has 0 spiro atoms. The van der Waals surface area contributed by atoms with Crippen LogP contribution in [0.15, 0.2) is 25.3 Å². The van der Waals surface area contributed by atoms with Crippen molar-refractivity contribution >= 4 is 0 Å². The summed E-state index contributed by atoms with van der Waals surface area (Å²) in [5.74, 6) is 0. The Bertz CT molecular complexity index is 53.5. The third-order valence-corrected chi connectivity index (χ3v) is 0.516. The Morgan fingerprint density at radius 2 is 1.50 bits per heavy atom. The number of rotatable bonds is 4. The molecule has 1 nitrogen and oxygen atoms in total. The van der Waals surface area contributed by atoms with Gasteiger partial charge in [0, 0.05) is 0 Å². The smallest absolute Gasteiger partial charge is 0.656 e. The molecule has 0 rings (SSSR count). The van der Waals surface area contributed by atoms with E-state index in [0.717, 1.165) is 13.1 Å². The first-order valence-electron chi connectivity index (χ1n) is 2.27. The van der Waals surface area contributed by atoms with Crippen molar-refractivity contribution in [2.45, 2.75) is 0 Å². The molecule has 0 fully saturated rings. The summed E-state index contributed by atoms with van der Waals surface area (Å²) < 4.78 is 0. The molecule has 8 heavy (non-hydrogen) atoms. The molecule has 0 amide bonds. The van der Waals surface area contributed by atoms with Crippen LogP contribution in [0.5, 0.6) is 0 Å². The van der Waals surface area contributed by atoms with E-state index in [2.05, 4.69) is 18.5 Å². The van der Waals surface area contributed by atoms with Crippen LogP contribution in [-0.4, -0.2) is 13.1 Å². The van der Waals surface area contributed by atoms with Gasteiger partial charge in [0.25, 0.3) is 0 Å². The molecule has 0 unspecified atom stereocenters. The summed E-state index contributed by atoms with van der Waals surface area (Å²) in [7, 11) is 0. The summed E-state index contributed by atoms with van der Waals surface area (Å²) in [5, 5.41) is 3.97. The van der Waals surface area contributed by atoms with E-state index in [1.807, 2.05) is 0 Å². The zero-order valence-corrected chi connectivity index (χ0v) is 5.43. The van der Waals surface area contributed by atoms with Crippen molar-refractivity contribution in [1.29, 1.82) is 0 Å². The van der Waals surface area contributed by atoms with E-state index >= 15 is 0 Å². The quantitative estimate of drug-likeness (QED) is 0.239. The first kappa shape index (κ1) is 10.9. The average Bonchev–Trinajstić information content (AvgIpc) is 1.69. The zero-order valence-electron chi connectivity index (χ0n) is 5.43. The third-order valence-electron chi connectivity index (χ3n) is 0.516. The van der Waals surface area contributed by atoms with Gasteiger partial charge in [0.15, 0.2) is 0 Å². The van der Waals surface area contributed by atoms with Crippen molar-refractivity contribution in [2.75, 3.05) is 13.1 Å². The second kappa shape index (κ2) is 10.1. The van der Waals surface area contributed by atoms with Gasteiger partial charge in [-0.05, 0) is 0 Å². The Kier molecular flexibility index (Phi) is 13.8. The first-order chi connectivity index (χ1) is 3.41. The van der Waals surface area contributed by atoms with E-state index in [4.69, 9.17) is 0 Å². The van der Waals surface area contributed by atoms with Crippen molar-refractivity contribution in [1.82, 2.24) is 0 Å². The Labute approximate surface area is 63.0 Å². The van der Waals surface area contributed by atoms with Crippen LogP contribution in [0, 0.1) is 0 Å². The molecule has 40 valence electrons. The van der Waals surface area contributed by atoms with E-state index in [0.29, 0.717) is 0 Å². The molecular weight excluding hydrogens is 93.0 g/mol. The predicted octanol–water partition coefficient (Wildman–Crippen LogP) is -1.26. The fraction of sp³-hybridized carbons (Fsp3) is 0.333. The zero-order chi connectivity index (χ0) is 5.54. The monoisotopic (exact) mass is 103 g/mol. The van der Waals surface area contributed by atoms with Gasteiger partial charge in [0.05, 0.1) is 0 Å². The molecule has 0 bridgehead atoms. The summed E-state index contributed by atoms with van der Waals surface area (Å²) >= 11 is 0. The molecule has 0 radical (unpaired) electrons. The Hall–Kier alpha value is 0.0374. The van der Waals surface area contributed by atoms with Crippen LogP contribution in [0.3, 0.4) is 0 Å². The second-order valence-corrected chi connectivity index (χ2v) is 1.17. The largest absolute Gasteiger partial charge is 1.00 e. The molecule has 0 aromatic carbocycles. The first-order valence-corrected chi connectivity index (χ1v) is 2.27. The molecule has 0 atom stereocenters. The van der Waals surface area contributed by atoms with Gasteiger partial charge in [-0.3, -0.25) is 0 Å². The molecule has 0 aliphatic heterocycles. The Morgan fingerprint density at radius 1 is 1.12 bits per heavy atom. The van der Waals surface area contributed by atoms with Crippen LogP contribution >= 0.6 is 0 Å². The van der Waals surface area contributed by atoms with Gasteiger partial charge in [0.1, 0.15) is 0 Å². The van der Waals surface area contributed by atoms with Gasteiger partial charge in [-0.2, -0.15) is 0 Å². The minimum atomic E-state index is 0. The second-order valence-electron chi connectivity index (χ2n) is 1.17. The molecule has 0 saturated carbocycles. The summed E-state index contributed by atoms with van der Waals surface area (Å²) in [5.41, 5.74) is 0. The minimum Gasteiger partial charge on any atom is -0.656 e. The number of hydrogen-bond acceptors (Lipinski definition) is 0. The fourth-order valence-electron chi connectivity index (χ4n) is 0.257. The van der Waals surface area contributed by atoms with Crippen molar-refractivity contribution in [3.63, 3.8) is 0 Å². The van der Waals surface area contributed by atoms with Crippen LogP contribution in [0.25, 0.3) is 5.32 Å². The van der Waals surface area contributed by atoms with Crippen LogP contribution in [-0.2, 0) is 0 Å².